The summed E-state index contributed by atoms with van der Waals surface area (Å²) in [7, 11) is 0. The van der Waals surface area contributed by atoms with Crippen molar-refractivity contribution in [1.82, 2.24) is 15.5 Å². The van der Waals surface area contributed by atoms with E-state index in [9.17, 15) is 14.4 Å². The first-order chi connectivity index (χ1) is 10.1. The topological polar surface area (TPSA) is 108 Å². The Morgan fingerprint density at radius 3 is 2.86 bits per heavy atom. The van der Waals surface area contributed by atoms with Crippen molar-refractivity contribution in [3.63, 3.8) is 0 Å². The molecule has 1 saturated heterocycles. The number of carbonyl (C=O) groups is 3. The van der Waals surface area contributed by atoms with Gasteiger partial charge in [0.05, 0.1) is 13.0 Å². The van der Waals surface area contributed by atoms with Gasteiger partial charge in [-0.15, -0.1) is 0 Å². The summed E-state index contributed by atoms with van der Waals surface area (Å²) in [5.41, 5.74) is 0. The number of rotatable bonds is 7. The van der Waals surface area contributed by atoms with Gasteiger partial charge in [-0.05, 0) is 18.8 Å². The molecule has 21 heavy (non-hydrogen) atoms. The van der Waals surface area contributed by atoms with Crippen molar-refractivity contribution < 1.29 is 24.2 Å². The molecule has 2 rings (SSSR count). The standard InChI is InChI=1S/C13H21N3O5/c17-11(18)7-10-12(19)14-3-5-16(10)13(20)15-4-6-21-8-9-1-2-9/h9-10H,1-8H2,(H,14,19)(H,15,20)(H,17,18). The van der Waals surface area contributed by atoms with Crippen molar-refractivity contribution in [2.45, 2.75) is 25.3 Å². The van der Waals surface area contributed by atoms with Crippen LogP contribution < -0.4 is 10.6 Å². The van der Waals surface area contributed by atoms with Crippen LogP contribution in [0.25, 0.3) is 0 Å². The van der Waals surface area contributed by atoms with E-state index < -0.39 is 30.4 Å². The molecule has 3 amide bonds. The van der Waals surface area contributed by atoms with Gasteiger partial charge in [0.15, 0.2) is 0 Å². The van der Waals surface area contributed by atoms with E-state index in [1.54, 1.807) is 0 Å². The maximum atomic E-state index is 12.0. The van der Waals surface area contributed by atoms with Gasteiger partial charge in [-0.1, -0.05) is 0 Å². The number of carbonyl (C=O) groups excluding carboxylic acids is 2. The minimum Gasteiger partial charge on any atom is -0.481 e. The van der Waals surface area contributed by atoms with Gasteiger partial charge < -0.3 is 25.4 Å². The van der Waals surface area contributed by atoms with Crippen LogP contribution in [-0.2, 0) is 14.3 Å². The van der Waals surface area contributed by atoms with Crippen LogP contribution in [0.5, 0.6) is 0 Å². The second kappa shape index (κ2) is 7.26. The van der Waals surface area contributed by atoms with Gasteiger partial charge in [-0.3, -0.25) is 9.59 Å². The first-order valence-electron chi connectivity index (χ1n) is 7.19. The number of nitrogens with zero attached hydrogens (tertiary/aromatic N) is 1. The molecule has 2 fully saturated rings. The predicted molar refractivity (Wildman–Crippen MR) is 72.7 cm³/mol. The summed E-state index contributed by atoms with van der Waals surface area (Å²) in [6, 6.07) is -1.38. The molecular weight excluding hydrogens is 278 g/mol. The number of piperazine rings is 1. The van der Waals surface area contributed by atoms with Crippen molar-refractivity contribution in [3.8, 4) is 0 Å². The van der Waals surface area contributed by atoms with Gasteiger partial charge in [0.2, 0.25) is 5.91 Å². The van der Waals surface area contributed by atoms with Gasteiger partial charge in [0.1, 0.15) is 6.04 Å². The normalized spacial score (nSPS) is 21.8. The molecule has 1 aliphatic carbocycles. The van der Waals surface area contributed by atoms with E-state index in [1.807, 2.05) is 0 Å². The Morgan fingerprint density at radius 2 is 2.19 bits per heavy atom. The van der Waals surface area contributed by atoms with Gasteiger partial charge in [-0.2, -0.15) is 0 Å². The van der Waals surface area contributed by atoms with Crippen LogP contribution in [0.3, 0.4) is 0 Å². The third kappa shape index (κ3) is 4.89. The number of ether oxygens (including phenoxy) is 1. The Hall–Kier alpha value is -1.83. The largest absolute Gasteiger partial charge is 0.481 e. The highest BCUT2D eigenvalue weighted by Gasteiger charge is 2.34. The highest BCUT2D eigenvalue weighted by atomic mass is 16.5. The second-order valence-electron chi connectivity index (χ2n) is 5.35. The number of hydrogen-bond donors (Lipinski definition) is 3. The molecule has 3 N–H and O–H groups in total. The molecule has 0 aromatic carbocycles. The molecule has 0 aromatic heterocycles. The predicted octanol–water partition coefficient (Wildman–Crippen LogP) is -0.602. The third-order valence-corrected chi connectivity index (χ3v) is 3.53. The van der Waals surface area contributed by atoms with E-state index in [4.69, 9.17) is 9.84 Å². The van der Waals surface area contributed by atoms with Gasteiger partial charge in [-0.25, -0.2) is 4.79 Å². The molecule has 0 aromatic rings. The number of aliphatic carboxylic acids is 1. The van der Waals surface area contributed by atoms with Gasteiger partial charge in [0, 0.05) is 26.2 Å². The molecule has 8 heteroatoms. The smallest absolute Gasteiger partial charge is 0.318 e. The number of urea groups is 1. The minimum absolute atomic E-state index is 0.304. The Bertz CT molecular complexity index is 411. The fourth-order valence-corrected chi connectivity index (χ4v) is 2.19. The monoisotopic (exact) mass is 299 g/mol. The summed E-state index contributed by atoms with van der Waals surface area (Å²) in [6.07, 6.45) is 2.04. The van der Waals surface area contributed by atoms with Crippen LogP contribution in [0.2, 0.25) is 0 Å². The van der Waals surface area contributed by atoms with Crippen LogP contribution in [-0.4, -0.2) is 66.8 Å². The van der Waals surface area contributed by atoms with Crippen LogP contribution >= 0.6 is 0 Å². The summed E-state index contributed by atoms with van der Waals surface area (Å²) in [5.74, 6) is -0.863. The zero-order chi connectivity index (χ0) is 15.2. The molecule has 2 aliphatic rings. The fraction of sp³-hybridized carbons (Fsp3) is 0.769. The summed E-state index contributed by atoms with van der Waals surface area (Å²) >= 11 is 0. The van der Waals surface area contributed by atoms with Crippen molar-refractivity contribution in [3.05, 3.63) is 0 Å². The highest BCUT2D eigenvalue weighted by Crippen LogP contribution is 2.28. The lowest BCUT2D eigenvalue weighted by molar-refractivity contribution is -0.142. The molecule has 118 valence electrons. The Kier molecular flexibility index (Phi) is 5.38. The lowest BCUT2D eigenvalue weighted by Gasteiger charge is -2.34. The summed E-state index contributed by atoms with van der Waals surface area (Å²) in [4.78, 5) is 35.8. The van der Waals surface area contributed by atoms with Crippen LogP contribution in [0, 0.1) is 5.92 Å². The third-order valence-electron chi connectivity index (χ3n) is 3.53. The van der Waals surface area contributed by atoms with Crippen LogP contribution in [0.15, 0.2) is 0 Å². The second-order valence-corrected chi connectivity index (χ2v) is 5.35. The zero-order valence-corrected chi connectivity index (χ0v) is 11.8. The van der Waals surface area contributed by atoms with E-state index in [0.29, 0.717) is 32.2 Å². The molecule has 0 spiro atoms. The minimum atomic E-state index is -1.11. The van der Waals surface area contributed by atoms with Crippen molar-refractivity contribution in [2.24, 2.45) is 5.92 Å². The molecule has 1 saturated carbocycles. The maximum absolute atomic E-state index is 12.0. The molecule has 1 heterocycles. The van der Waals surface area contributed by atoms with E-state index in [0.717, 1.165) is 6.61 Å². The van der Waals surface area contributed by atoms with E-state index >= 15 is 0 Å². The fourth-order valence-electron chi connectivity index (χ4n) is 2.19. The van der Waals surface area contributed by atoms with Crippen LogP contribution in [0.1, 0.15) is 19.3 Å². The first kappa shape index (κ1) is 15.6. The molecule has 0 bridgehead atoms. The lowest BCUT2D eigenvalue weighted by atomic mass is 10.1. The quantitative estimate of drug-likeness (QED) is 0.544. The molecular formula is C13H21N3O5. The SMILES string of the molecule is O=C(O)CC1C(=O)NCCN1C(=O)NCCOCC1CC1. The molecule has 0 radical (unpaired) electrons. The molecule has 8 nitrogen and oxygen atoms in total. The Labute approximate surface area is 122 Å². The molecule has 1 unspecified atom stereocenters. The number of carboxylic acids is 1. The number of nitrogens with one attached hydrogen (secondary N) is 2. The number of hydrogen-bond acceptors (Lipinski definition) is 4. The number of carboxylic acid groups (broad SMARTS) is 1. The maximum Gasteiger partial charge on any atom is 0.318 e. The van der Waals surface area contributed by atoms with Gasteiger partial charge >= 0.3 is 12.0 Å². The Balaban J connectivity index is 1.74. The van der Waals surface area contributed by atoms with Crippen molar-refractivity contribution >= 4 is 17.9 Å². The lowest BCUT2D eigenvalue weighted by Crippen LogP contribution is -2.60. The summed E-state index contributed by atoms with van der Waals surface area (Å²) in [5, 5.41) is 14.1. The molecule has 1 atom stereocenters. The van der Waals surface area contributed by atoms with E-state index in [-0.39, 0.29) is 0 Å². The molecule has 1 aliphatic heterocycles. The summed E-state index contributed by atoms with van der Waals surface area (Å²) < 4.78 is 5.40. The van der Waals surface area contributed by atoms with Crippen LogP contribution in [0.4, 0.5) is 4.79 Å². The Morgan fingerprint density at radius 1 is 1.43 bits per heavy atom. The van der Waals surface area contributed by atoms with Crippen molar-refractivity contribution in [2.75, 3.05) is 32.8 Å². The van der Waals surface area contributed by atoms with E-state index in [2.05, 4.69) is 10.6 Å². The zero-order valence-electron chi connectivity index (χ0n) is 11.8. The van der Waals surface area contributed by atoms with Crippen molar-refractivity contribution in [1.29, 1.82) is 0 Å². The average Bonchev–Trinajstić information content (AvgIpc) is 3.24. The first-order valence-corrected chi connectivity index (χ1v) is 7.19. The van der Waals surface area contributed by atoms with E-state index in [1.165, 1.54) is 17.7 Å². The number of amides is 3. The highest BCUT2D eigenvalue weighted by molar-refractivity contribution is 5.91. The average molecular weight is 299 g/mol. The van der Waals surface area contributed by atoms with Gasteiger partial charge in [0.25, 0.3) is 0 Å². The summed E-state index contributed by atoms with van der Waals surface area (Å²) in [6.45, 7) is 2.14.